The first-order chi connectivity index (χ1) is 17.1. The van der Waals surface area contributed by atoms with Gasteiger partial charge in [-0.25, -0.2) is 0 Å². The zero-order valence-corrected chi connectivity index (χ0v) is 22.0. The molecule has 0 amide bonds. The van der Waals surface area contributed by atoms with E-state index in [0.29, 0.717) is 60.8 Å². The summed E-state index contributed by atoms with van der Waals surface area (Å²) in [7, 11) is 0. The average Bonchev–Trinajstić information content (AvgIpc) is 3.27. The molecule has 190 valence electrons. The van der Waals surface area contributed by atoms with Gasteiger partial charge in [-0.05, 0) is 52.3 Å². The van der Waals surface area contributed by atoms with E-state index in [0.717, 1.165) is 11.1 Å². The van der Waals surface area contributed by atoms with Crippen LogP contribution in [-0.4, -0.2) is 31.4 Å². The van der Waals surface area contributed by atoms with Crippen LogP contribution < -0.4 is 9.47 Å². The van der Waals surface area contributed by atoms with E-state index in [1.807, 2.05) is 30.3 Å². The predicted octanol–water partition coefficient (Wildman–Crippen LogP) is 8.23. The Kier molecular flexibility index (Phi) is 7.54. The number of benzene rings is 2. The standard InChI is InChI=1S/C28H35N5O3/c1-27(2,3)19-7-9-21-24(17-19)35-15-13-34-14-16-36-25-18-20(28(4,5)6)8-10-22(25)31-33-26-23(32-30-21)11-12-29-26/h7-12,17-18,29H,13-16H2,1-6H3. The molecular formula is C28H35N5O3. The van der Waals surface area contributed by atoms with Gasteiger partial charge in [-0.2, -0.15) is 0 Å². The molecule has 1 N–H and O–H groups in total. The van der Waals surface area contributed by atoms with Crippen molar-refractivity contribution < 1.29 is 14.2 Å². The summed E-state index contributed by atoms with van der Waals surface area (Å²) in [4.78, 5) is 3.08. The fourth-order valence-electron chi connectivity index (χ4n) is 3.61. The van der Waals surface area contributed by atoms with Crippen LogP contribution in [-0.2, 0) is 15.6 Å². The number of H-pyrrole nitrogens is 1. The van der Waals surface area contributed by atoms with Gasteiger partial charge < -0.3 is 19.2 Å². The van der Waals surface area contributed by atoms with Crippen LogP contribution in [0, 0.1) is 0 Å². The zero-order chi connectivity index (χ0) is 25.8. The molecule has 36 heavy (non-hydrogen) atoms. The highest BCUT2D eigenvalue weighted by Crippen LogP contribution is 2.38. The molecule has 0 bridgehead atoms. The number of azo groups is 2. The molecule has 0 atom stereocenters. The van der Waals surface area contributed by atoms with Crippen LogP contribution in [0.2, 0.25) is 0 Å². The highest BCUT2D eigenvalue weighted by Gasteiger charge is 2.18. The van der Waals surface area contributed by atoms with Crippen molar-refractivity contribution in [2.45, 2.75) is 52.4 Å². The van der Waals surface area contributed by atoms with Crippen molar-refractivity contribution in [1.82, 2.24) is 4.98 Å². The Hall–Kier alpha value is -3.52. The molecule has 2 heterocycles. The number of aromatic amines is 1. The maximum Gasteiger partial charge on any atom is 0.180 e. The fraction of sp³-hybridized carbons (Fsp3) is 0.429. The lowest BCUT2D eigenvalue weighted by Crippen LogP contribution is -2.14. The summed E-state index contributed by atoms with van der Waals surface area (Å²) in [6.45, 7) is 14.6. The lowest BCUT2D eigenvalue weighted by atomic mass is 9.87. The van der Waals surface area contributed by atoms with E-state index in [9.17, 15) is 0 Å². The Balaban J connectivity index is 1.69. The Labute approximate surface area is 212 Å². The minimum absolute atomic E-state index is 0.0209. The van der Waals surface area contributed by atoms with Crippen molar-refractivity contribution in [3.63, 3.8) is 0 Å². The van der Waals surface area contributed by atoms with E-state index < -0.39 is 0 Å². The van der Waals surface area contributed by atoms with Gasteiger partial charge in [-0.1, -0.05) is 53.7 Å². The van der Waals surface area contributed by atoms with Gasteiger partial charge in [0.25, 0.3) is 0 Å². The quantitative estimate of drug-likeness (QED) is 0.345. The molecule has 8 heteroatoms. The van der Waals surface area contributed by atoms with Crippen LogP contribution in [0.25, 0.3) is 0 Å². The van der Waals surface area contributed by atoms with Crippen molar-refractivity contribution in [3.8, 4) is 11.5 Å². The van der Waals surface area contributed by atoms with Crippen LogP contribution in [0.4, 0.5) is 22.9 Å². The van der Waals surface area contributed by atoms with E-state index in [-0.39, 0.29) is 10.8 Å². The van der Waals surface area contributed by atoms with Gasteiger partial charge >= 0.3 is 0 Å². The molecule has 1 aliphatic rings. The van der Waals surface area contributed by atoms with E-state index in [1.54, 1.807) is 6.20 Å². The number of ether oxygens (including phenoxy) is 3. The van der Waals surface area contributed by atoms with Gasteiger partial charge in [-0.15, -0.1) is 20.5 Å². The topological polar surface area (TPSA) is 92.9 Å². The van der Waals surface area contributed by atoms with Crippen LogP contribution >= 0.6 is 0 Å². The summed E-state index contributed by atoms with van der Waals surface area (Å²) >= 11 is 0. The average molecular weight is 490 g/mol. The van der Waals surface area contributed by atoms with E-state index >= 15 is 0 Å². The monoisotopic (exact) mass is 489 g/mol. The van der Waals surface area contributed by atoms with Crippen molar-refractivity contribution in [1.29, 1.82) is 0 Å². The zero-order valence-electron chi connectivity index (χ0n) is 22.0. The first-order valence-corrected chi connectivity index (χ1v) is 12.2. The molecule has 3 aromatic rings. The molecule has 1 aromatic heterocycles. The van der Waals surface area contributed by atoms with Gasteiger partial charge in [-0.3, -0.25) is 0 Å². The molecule has 4 rings (SSSR count). The van der Waals surface area contributed by atoms with E-state index in [4.69, 9.17) is 14.2 Å². The lowest BCUT2D eigenvalue weighted by Gasteiger charge is -2.21. The number of aromatic nitrogens is 1. The van der Waals surface area contributed by atoms with E-state index in [2.05, 4.69) is 79.1 Å². The first-order valence-electron chi connectivity index (χ1n) is 12.2. The second-order valence-electron chi connectivity index (χ2n) is 10.8. The lowest BCUT2D eigenvalue weighted by molar-refractivity contribution is 0.0766. The van der Waals surface area contributed by atoms with Gasteiger partial charge in [0.15, 0.2) is 5.82 Å². The van der Waals surface area contributed by atoms with Crippen molar-refractivity contribution in [2.75, 3.05) is 26.4 Å². The Morgan fingerprint density at radius 2 is 1.11 bits per heavy atom. The number of hydrogen-bond acceptors (Lipinski definition) is 7. The third kappa shape index (κ3) is 6.37. The fourth-order valence-corrected chi connectivity index (χ4v) is 3.61. The summed E-state index contributed by atoms with van der Waals surface area (Å²) in [6.07, 6.45) is 1.76. The molecule has 0 saturated heterocycles. The molecule has 8 nitrogen and oxygen atoms in total. The summed E-state index contributed by atoms with van der Waals surface area (Å²) in [5, 5.41) is 17.8. The molecule has 1 aliphatic heterocycles. The molecule has 0 aliphatic carbocycles. The number of nitrogens with one attached hydrogen (secondary N) is 1. The highest BCUT2D eigenvalue weighted by molar-refractivity contribution is 5.60. The van der Waals surface area contributed by atoms with Crippen LogP contribution in [0.1, 0.15) is 52.7 Å². The normalized spacial score (nSPS) is 15.2. The Morgan fingerprint density at radius 3 is 1.64 bits per heavy atom. The number of nitrogens with zero attached hydrogens (tertiary/aromatic N) is 4. The van der Waals surface area contributed by atoms with Crippen molar-refractivity contribution in [3.05, 3.63) is 59.8 Å². The number of hydrogen-bond donors (Lipinski definition) is 1. The first kappa shape index (κ1) is 25.6. The number of rotatable bonds is 0. The maximum absolute atomic E-state index is 6.06. The molecule has 0 unspecified atom stereocenters. The van der Waals surface area contributed by atoms with Gasteiger partial charge in [0.05, 0.1) is 13.2 Å². The Bertz CT molecular complexity index is 1150. The summed E-state index contributed by atoms with van der Waals surface area (Å²) in [5.41, 5.74) is 4.11. The summed E-state index contributed by atoms with van der Waals surface area (Å²) in [6, 6.07) is 13.8. The number of fused-ring (bicyclic) bond motifs is 3. The molecule has 2 aromatic carbocycles. The molecule has 0 radical (unpaired) electrons. The smallest absolute Gasteiger partial charge is 0.180 e. The largest absolute Gasteiger partial charge is 0.489 e. The van der Waals surface area contributed by atoms with Crippen LogP contribution in [0.15, 0.2) is 69.1 Å². The summed E-state index contributed by atoms with van der Waals surface area (Å²) < 4.78 is 17.9. The third-order valence-electron chi connectivity index (χ3n) is 5.85. The van der Waals surface area contributed by atoms with E-state index in [1.165, 1.54) is 0 Å². The molecule has 0 saturated carbocycles. The van der Waals surface area contributed by atoms with Crippen molar-refractivity contribution >= 4 is 22.9 Å². The third-order valence-corrected chi connectivity index (χ3v) is 5.85. The maximum atomic E-state index is 6.06. The summed E-state index contributed by atoms with van der Waals surface area (Å²) in [5.74, 6) is 1.83. The molecular weight excluding hydrogens is 454 g/mol. The van der Waals surface area contributed by atoms with Gasteiger partial charge in [0.1, 0.15) is 41.8 Å². The Morgan fingerprint density at radius 1 is 0.611 bits per heavy atom. The van der Waals surface area contributed by atoms with Gasteiger partial charge in [0, 0.05) is 6.20 Å². The predicted molar refractivity (Wildman–Crippen MR) is 141 cm³/mol. The van der Waals surface area contributed by atoms with Crippen LogP contribution in [0.5, 0.6) is 11.5 Å². The van der Waals surface area contributed by atoms with Crippen LogP contribution in [0.3, 0.4) is 0 Å². The van der Waals surface area contributed by atoms with Crippen molar-refractivity contribution in [2.24, 2.45) is 20.5 Å². The minimum atomic E-state index is -0.0221. The van der Waals surface area contributed by atoms with Gasteiger partial charge in [0.2, 0.25) is 0 Å². The SMILES string of the molecule is CC(C)(C)c1ccc2c(c1)OCCOCCOc1cc(C(C)(C)C)ccc1N=Nc1[nH]ccc1N=N2. The highest BCUT2D eigenvalue weighted by atomic mass is 16.5. The molecule has 0 fully saturated rings. The second-order valence-corrected chi connectivity index (χ2v) is 10.8. The molecule has 0 spiro atoms. The minimum Gasteiger partial charge on any atom is -0.489 e. The second kappa shape index (κ2) is 10.6.